The Morgan fingerprint density at radius 3 is 2.07 bits per heavy atom. The van der Waals surface area contributed by atoms with Gasteiger partial charge < -0.3 is 10.6 Å². The van der Waals surface area contributed by atoms with Crippen LogP contribution in [0.25, 0.3) is 0 Å². The standard InChI is InChI=1S/C8H14N2O2.C2H6.H2/c1-6-2-4-10(5-3-6)8(12)7(9)11;1-2;/h6H,2-5H2,1H3,(H2,9,11);1-2H3;1H. The number of nitrogens with zero attached hydrogens (tertiary/aromatic N) is 1. The normalized spacial score (nSPS) is 16.9. The van der Waals surface area contributed by atoms with Gasteiger partial charge in [-0.3, -0.25) is 9.59 Å². The summed E-state index contributed by atoms with van der Waals surface area (Å²) in [5.74, 6) is -0.728. The minimum Gasteiger partial charge on any atom is -0.361 e. The Balaban J connectivity index is 0. The highest BCUT2D eigenvalue weighted by Gasteiger charge is 2.23. The Hall–Kier alpha value is -1.06. The van der Waals surface area contributed by atoms with Crippen LogP contribution < -0.4 is 5.73 Å². The number of rotatable bonds is 0. The summed E-state index contributed by atoms with van der Waals surface area (Å²) in [4.78, 5) is 23.1. The van der Waals surface area contributed by atoms with Crippen molar-refractivity contribution in [3.63, 3.8) is 0 Å². The number of piperidine rings is 1. The molecule has 0 aliphatic carbocycles. The van der Waals surface area contributed by atoms with Crippen molar-refractivity contribution in [1.82, 2.24) is 4.90 Å². The Labute approximate surface area is 86.9 Å². The maximum absolute atomic E-state index is 11.1. The molecule has 0 aromatic heterocycles. The molecule has 1 saturated heterocycles. The van der Waals surface area contributed by atoms with Crippen molar-refractivity contribution in [2.45, 2.75) is 33.6 Å². The molecule has 14 heavy (non-hydrogen) atoms. The molecule has 0 unspecified atom stereocenters. The van der Waals surface area contributed by atoms with E-state index < -0.39 is 11.8 Å². The molecule has 0 atom stereocenters. The zero-order chi connectivity index (χ0) is 11.1. The third-order valence-corrected chi connectivity index (χ3v) is 2.28. The van der Waals surface area contributed by atoms with Gasteiger partial charge in [0.25, 0.3) is 0 Å². The molecule has 0 bridgehead atoms. The van der Waals surface area contributed by atoms with Crippen LogP contribution in [0.1, 0.15) is 35.0 Å². The molecule has 0 radical (unpaired) electrons. The highest BCUT2D eigenvalue weighted by molar-refractivity contribution is 6.34. The summed E-state index contributed by atoms with van der Waals surface area (Å²) in [6.07, 6.45) is 1.94. The van der Waals surface area contributed by atoms with Gasteiger partial charge in [-0.05, 0) is 18.8 Å². The van der Waals surface area contributed by atoms with Crippen molar-refractivity contribution in [3.05, 3.63) is 0 Å². The lowest BCUT2D eigenvalue weighted by atomic mass is 9.99. The summed E-state index contributed by atoms with van der Waals surface area (Å²) in [6.45, 7) is 7.48. The maximum atomic E-state index is 11.1. The first-order valence-electron chi connectivity index (χ1n) is 5.20. The average Bonchev–Trinajstić information content (AvgIpc) is 2.21. The molecule has 4 nitrogen and oxygen atoms in total. The third kappa shape index (κ3) is 3.77. The maximum Gasteiger partial charge on any atom is 0.311 e. The monoisotopic (exact) mass is 202 g/mol. The Morgan fingerprint density at radius 1 is 1.29 bits per heavy atom. The number of hydrogen-bond donors (Lipinski definition) is 1. The van der Waals surface area contributed by atoms with Crippen LogP contribution in [0.5, 0.6) is 0 Å². The lowest BCUT2D eigenvalue weighted by Gasteiger charge is -2.29. The first-order chi connectivity index (χ1) is 6.61. The number of carbonyl (C=O) groups is 2. The number of hydrogen-bond acceptors (Lipinski definition) is 2. The molecule has 0 aromatic rings. The van der Waals surface area contributed by atoms with E-state index in [1.165, 1.54) is 4.90 Å². The van der Waals surface area contributed by atoms with Crippen LogP contribution in [0.15, 0.2) is 0 Å². The number of amides is 2. The van der Waals surface area contributed by atoms with Gasteiger partial charge in [0, 0.05) is 14.5 Å². The Kier molecular flexibility index (Phi) is 5.92. The molecule has 1 heterocycles. The first-order valence-corrected chi connectivity index (χ1v) is 5.20. The summed E-state index contributed by atoms with van der Waals surface area (Å²) >= 11 is 0. The van der Waals surface area contributed by atoms with Crippen LogP contribution in [0.3, 0.4) is 0 Å². The summed E-state index contributed by atoms with van der Waals surface area (Å²) in [5.41, 5.74) is 4.87. The number of nitrogens with two attached hydrogens (primary N) is 1. The van der Waals surface area contributed by atoms with Crippen LogP contribution in [-0.2, 0) is 9.59 Å². The van der Waals surface area contributed by atoms with Crippen LogP contribution in [0.4, 0.5) is 0 Å². The summed E-state index contributed by atoms with van der Waals surface area (Å²) in [7, 11) is 0. The molecule has 2 N–H and O–H groups in total. The summed E-state index contributed by atoms with van der Waals surface area (Å²) in [5, 5.41) is 0. The highest BCUT2D eigenvalue weighted by Crippen LogP contribution is 2.15. The van der Waals surface area contributed by atoms with Gasteiger partial charge in [-0.1, -0.05) is 20.8 Å². The Morgan fingerprint density at radius 2 is 1.71 bits per heavy atom. The van der Waals surface area contributed by atoms with E-state index in [2.05, 4.69) is 6.92 Å². The largest absolute Gasteiger partial charge is 0.361 e. The van der Waals surface area contributed by atoms with Crippen LogP contribution in [-0.4, -0.2) is 29.8 Å². The zero-order valence-corrected chi connectivity index (χ0v) is 9.25. The fourth-order valence-electron chi connectivity index (χ4n) is 1.37. The minimum absolute atomic E-state index is 0. The minimum atomic E-state index is -0.843. The van der Waals surface area contributed by atoms with Crippen molar-refractivity contribution in [1.29, 1.82) is 0 Å². The van der Waals surface area contributed by atoms with Crippen LogP contribution >= 0.6 is 0 Å². The van der Waals surface area contributed by atoms with Gasteiger partial charge in [0.1, 0.15) is 0 Å². The molecule has 1 rings (SSSR count). The van der Waals surface area contributed by atoms with Crippen LogP contribution in [0.2, 0.25) is 0 Å². The van der Waals surface area contributed by atoms with E-state index >= 15 is 0 Å². The SMILES string of the molecule is CC.CC1CCN(C(=O)C(N)=O)CC1.[HH]. The molecule has 0 saturated carbocycles. The first kappa shape index (κ1) is 12.9. The second kappa shape index (κ2) is 6.40. The second-order valence-electron chi connectivity index (χ2n) is 3.34. The van der Waals surface area contributed by atoms with E-state index in [0.29, 0.717) is 19.0 Å². The molecule has 1 aliphatic rings. The van der Waals surface area contributed by atoms with Crippen molar-refractivity contribution in [3.8, 4) is 0 Å². The van der Waals surface area contributed by atoms with Crippen molar-refractivity contribution in [2.24, 2.45) is 11.7 Å². The smallest absolute Gasteiger partial charge is 0.311 e. The molecule has 1 aliphatic heterocycles. The van der Waals surface area contributed by atoms with E-state index in [9.17, 15) is 9.59 Å². The van der Waals surface area contributed by atoms with Gasteiger partial charge in [-0.15, -0.1) is 0 Å². The number of likely N-dealkylation sites (tertiary alicyclic amines) is 1. The number of primary amides is 1. The van der Waals surface area contributed by atoms with E-state index in [4.69, 9.17) is 5.73 Å². The summed E-state index contributed by atoms with van der Waals surface area (Å²) in [6, 6.07) is 0. The molecule has 0 aromatic carbocycles. The number of carbonyl (C=O) groups excluding carboxylic acids is 2. The quantitative estimate of drug-likeness (QED) is 0.596. The molecular weight excluding hydrogens is 180 g/mol. The Bertz CT molecular complexity index is 202. The van der Waals surface area contributed by atoms with Gasteiger partial charge >= 0.3 is 11.8 Å². The predicted molar refractivity (Wildman–Crippen MR) is 57.6 cm³/mol. The van der Waals surface area contributed by atoms with E-state index in [0.717, 1.165) is 12.8 Å². The van der Waals surface area contributed by atoms with E-state index in [1.807, 2.05) is 13.8 Å². The molecule has 0 spiro atoms. The van der Waals surface area contributed by atoms with Gasteiger partial charge in [-0.2, -0.15) is 0 Å². The zero-order valence-electron chi connectivity index (χ0n) is 9.25. The lowest BCUT2D eigenvalue weighted by Crippen LogP contribution is -2.44. The molecule has 1 fully saturated rings. The molecular formula is C10H22N2O2. The van der Waals surface area contributed by atoms with Crippen molar-refractivity contribution < 1.29 is 11.0 Å². The third-order valence-electron chi connectivity index (χ3n) is 2.28. The highest BCUT2D eigenvalue weighted by atomic mass is 16.2. The van der Waals surface area contributed by atoms with Crippen molar-refractivity contribution >= 4 is 11.8 Å². The van der Waals surface area contributed by atoms with Gasteiger partial charge in [-0.25, -0.2) is 0 Å². The fraction of sp³-hybridized carbons (Fsp3) is 0.800. The topological polar surface area (TPSA) is 63.4 Å². The summed E-state index contributed by atoms with van der Waals surface area (Å²) < 4.78 is 0. The van der Waals surface area contributed by atoms with E-state index in [-0.39, 0.29) is 1.43 Å². The van der Waals surface area contributed by atoms with Gasteiger partial charge in [0.15, 0.2) is 0 Å². The predicted octanol–water partition coefficient (Wildman–Crippen LogP) is 1.00. The molecule has 84 valence electrons. The van der Waals surface area contributed by atoms with Crippen molar-refractivity contribution in [2.75, 3.05) is 13.1 Å². The fourth-order valence-corrected chi connectivity index (χ4v) is 1.37. The average molecular weight is 202 g/mol. The van der Waals surface area contributed by atoms with Gasteiger partial charge in [0.2, 0.25) is 0 Å². The van der Waals surface area contributed by atoms with Crippen LogP contribution in [0, 0.1) is 5.92 Å². The van der Waals surface area contributed by atoms with Gasteiger partial charge in [0.05, 0.1) is 0 Å². The molecule has 2 amide bonds. The molecule has 4 heteroatoms. The second-order valence-corrected chi connectivity index (χ2v) is 3.34. The lowest BCUT2D eigenvalue weighted by molar-refractivity contribution is -0.145. The van der Waals surface area contributed by atoms with E-state index in [1.54, 1.807) is 0 Å².